The van der Waals surface area contributed by atoms with Gasteiger partial charge in [0.2, 0.25) is 0 Å². The van der Waals surface area contributed by atoms with Crippen molar-refractivity contribution in [1.82, 2.24) is 14.8 Å². The van der Waals surface area contributed by atoms with Gasteiger partial charge in [0.25, 0.3) is 0 Å². The Labute approximate surface area is 173 Å². The van der Waals surface area contributed by atoms with Crippen molar-refractivity contribution in [3.05, 3.63) is 65.8 Å². The number of benzene rings is 2. The maximum Gasteiger partial charge on any atom is 0.190 e. The van der Waals surface area contributed by atoms with Crippen LogP contribution in [0.15, 0.2) is 60.8 Å². The molecule has 0 atom stereocenters. The monoisotopic (exact) mass is 405 g/mol. The summed E-state index contributed by atoms with van der Waals surface area (Å²) >= 11 is 6.17. The van der Waals surface area contributed by atoms with Crippen LogP contribution in [0.5, 0.6) is 5.75 Å². The number of aryl methyl sites for hydroxylation is 1. The molecule has 0 unspecified atom stereocenters. The fourth-order valence-electron chi connectivity index (χ4n) is 3.53. The van der Waals surface area contributed by atoms with Crippen LogP contribution in [0.4, 0.5) is 11.5 Å². The predicted octanol–water partition coefficient (Wildman–Crippen LogP) is 4.90. The lowest BCUT2D eigenvalue weighted by Gasteiger charge is -2.25. The van der Waals surface area contributed by atoms with Crippen LogP contribution in [0, 0.1) is 0 Å². The van der Waals surface area contributed by atoms with E-state index in [0.29, 0.717) is 11.6 Å². The molecule has 0 spiro atoms. The van der Waals surface area contributed by atoms with E-state index in [9.17, 15) is 0 Å². The molecule has 2 aromatic carbocycles. The van der Waals surface area contributed by atoms with Crippen LogP contribution in [0.25, 0.3) is 22.2 Å². The Morgan fingerprint density at radius 2 is 2.03 bits per heavy atom. The molecular weight excluding hydrogens is 386 g/mol. The third-order valence-corrected chi connectivity index (χ3v) is 5.12. The van der Waals surface area contributed by atoms with Gasteiger partial charge in [0.15, 0.2) is 11.6 Å². The number of hydrogen-bond donors (Lipinski definition) is 1. The van der Waals surface area contributed by atoms with Gasteiger partial charge in [0, 0.05) is 42.2 Å². The number of halogens is 1. The molecule has 4 aromatic rings. The van der Waals surface area contributed by atoms with E-state index in [2.05, 4.69) is 22.7 Å². The van der Waals surface area contributed by atoms with Crippen molar-refractivity contribution in [2.24, 2.45) is 7.05 Å². The van der Waals surface area contributed by atoms with E-state index in [1.165, 1.54) is 0 Å². The molecule has 0 saturated carbocycles. The van der Waals surface area contributed by atoms with Gasteiger partial charge in [-0.05, 0) is 42.5 Å². The fourth-order valence-corrected chi connectivity index (χ4v) is 3.72. The van der Waals surface area contributed by atoms with Crippen LogP contribution < -0.4 is 15.2 Å². The second kappa shape index (κ2) is 7.29. The van der Waals surface area contributed by atoms with Crippen molar-refractivity contribution in [2.45, 2.75) is 6.42 Å². The van der Waals surface area contributed by atoms with Gasteiger partial charge in [-0.15, -0.1) is 0 Å². The Morgan fingerprint density at radius 3 is 2.93 bits per heavy atom. The van der Waals surface area contributed by atoms with Gasteiger partial charge in [-0.25, -0.2) is 4.98 Å². The number of nitrogens with zero attached hydrogens (tertiary/aromatic N) is 4. The van der Waals surface area contributed by atoms with Crippen molar-refractivity contribution in [3.8, 4) is 17.0 Å². The van der Waals surface area contributed by atoms with Gasteiger partial charge >= 0.3 is 0 Å². The number of aromatic nitrogens is 3. The summed E-state index contributed by atoms with van der Waals surface area (Å²) in [7, 11) is 1.93. The molecule has 0 aliphatic carbocycles. The second-order valence-electron chi connectivity index (χ2n) is 7.07. The third kappa shape index (κ3) is 3.59. The highest BCUT2D eigenvalue weighted by molar-refractivity contribution is 6.30. The van der Waals surface area contributed by atoms with Crippen molar-refractivity contribution >= 4 is 34.0 Å². The molecule has 1 aliphatic rings. The van der Waals surface area contributed by atoms with Crippen molar-refractivity contribution in [3.63, 3.8) is 0 Å². The third-order valence-electron chi connectivity index (χ3n) is 4.88. The van der Waals surface area contributed by atoms with Gasteiger partial charge in [0.1, 0.15) is 0 Å². The normalized spacial score (nSPS) is 13.7. The summed E-state index contributed by atoms with van der Waals surface area (Å²) in [6.45, 7) is 1.43. The van der Waals surface area contributed by atoms with Gasteiger partial charge < -0.3 is 4.74 Å². The fraction of sp³-hybridized carbons (Fsp3) is 0.182. The number of rotatable bonds is 3. The van der Waals surface area contributed by atoms with Crippen LogP contribution in [0.1, 0.15) is 6.42 Å². The number of anilines is 2. The number of fused-ring (bicyclic) bond motifs is 2. The first-order chi connectivity index (χ1) is 14.2. The zero-order valence-corrected chi connectivity index (χ0v) is 16.7. The Morgan fingerprint density at radius 1 is 1.10 bits per heavy atom. The van der Waals surface area contributed by atoms with Crippen molar-refractivity contribution < 1.29 is 4.74 Å². The molecule has 6 nitrogen and oxygen atoms in total. The zero-order valence-electron chi connectivity index (χ0n) is 16.0. The Hall–Kier alpha value is -3.25. The van der Waals surface area contributed by atoms with Gasteiger partial charge in [-0.3, -0.25) is 15.1 Å². The number of ether oxygens (including phenoxy) is 1. The smallest absolute Gasteiger partial charge is 0.190 e. The summed E-state index contributed by atoms with van der Waals surface area (Å²) in [5, 5.41) is 8.34. The average molecular weight is 406 g/mol. The SMILES string of the molecule is Cn1cc2ccc(NN3CCCOc4ccc(-c5cccc(Cl)c5)nc43)cc2n1. The standard InChI is InChI=1S/C22H20ClN5O/c1-27-14-16-6-7-18(13-20(16)26-27)25-28-10-3-11-29-21-9-8-19(24-22(21)28)15-4-2-5-17(23)12-15/h2,4-9,12-14,25H,3,10-11H2,1H3. The summed E-state index contributed by atoms with van der Waals surface area (Å²) in [6.07, 6.45) is 2.90. The van der Waals surface area contributed by atoms with Crippen LogP contribution >= 0.6 is 11.6 Å². The number of hydrogen-bond acceptors (Lipinski definition) is 5. The van der Waals surface area contributed by atoms with E-state index in [1.807, 2.05) is 65.4 Å². The van der Waals surface area contributed by atoms with E-state index < -0.39 is 0 Å². The summed E-state index contributed by atoms with van der Waals surface area (Å²) in [4.78, 5) is 4.89. The molecule has 0 amide bonds. The molecule has 5 rings (SSSR count). The van der Waals surface area contributed by atoms with Gasteiger partial charge in [-0.2, -0.15) is 5.10 Å². The predicted molar refractivity (Wildman–Crippen MR) is 116 cm³/mol. The molecule has 1 aliphatic heterocycles. The molecule has 1 N–H and O–H groups in total. The minimum atomic E-state index is 0.655. The Kier molecular flexibility index (Phi) is 4.48. The zero-order chi connectivity index (χ0) is 19.8. The molecular formula is C22H20ClN5O. The number of nitrogens with one attached hydrogen (secondary N) is 1. The molecule has 0 radical (unpaired) electrons. The van der Waals surface area contributed by atoms with Crippen LogP contribution in [0.3, 0.4) is 0 Å². The highest BCUT2D eigenvalue weighted by atomic mass is 35.5. The molecule has 146 valence electrons. The molecule has 3 heterocycles. The van der Waals surface area contributed by atoms with E-state index in [-0.39, 0.29) is 0 Å². The lowest BCUT2D eigenvalue weighted by Crippen LogP contribution is -2.31. The minimum absolute atomic E-state index is 0.655. The summed E-state index contributed by atoms with van der Waals surface area (Å²) in [6, 6.07) is 17.8. The van der Waals surface area contributed by atoms with E-state index in [4.69, 9.17) is 21.3 Å². The van der Waals surface area contributed by atoms with Gasteiger partial charge in [0.05, 0.1) is 23.5 Å². The quantitative estimate of drug-likeness (QED) is 0.525. The lowest BCUT2D eigenvalue weighted by molar-refractivity contribution is 0.322. The number of hydrazine groups is 1. The molecule has 7 heteroatoms. The van der Waals surface area contributed by atoms with E-state index >= 15 is 0 Å². The maximum absolute atomic E-state index is 6.17. The Bertz CT molecular complexity index is 1190. The summed E-state index contributed by atoms with van der Waals surface area (Å²) in [5.41, 5.74) is 7.21. The van der Waals surface area contributed by atoms with Crippen LogP contribution in [0.2, 0.25) is 5.02 Å². The minimum Gasteiger partial charge on any atom is -0.490 e. The topological polar surface area (TPSA) is 55.2 Å². The lowest BCUT2D eigenvalue weighted by atomic mass is 10.1. The largest absolute Gasteiger partial charge is 0.490 e. The first-order valence-corrected chi connectivity index (χ1v) is 9.91. The van der Waals surface area contributed by atoms with Crippen LogP contribution in [-0.4, -0.2) is 27.9 Å². The summed E-state index contributed by atoms with van der Waals surface area (Å²) in [5.74, 6) is 1.53. The molecule has 0 fully saturated rings. The van der Waals surface area contributed by atoms with Crippen LogP contribution in [-0.2, 0) is 7.05 Å². The van der Waals surface area contributed by atoms with E-state index in [0.717, 1.165) is 52.4 Å². The van der Waals surface area contributed by atoms with E-state index in [1.54, 1.807) is 0 Å². The average Bonchev–Trinajstić information content (AvgIpc) is 2.97. The Balaban J connectivity index is 1.51. The highest BCUT2D eigenvalue weighted by Crippen LogP contribution is 2.33. The molecule has 29 heavy (non-hydrogen) atoms. The molecule has 0 bridgehead atoms. The number of pyridine rings is 1. The van der Waals surface area contributed by atoms with Gasteiger partial charge in [-0.1, -0.05) is 23.7 Å². The summed E-state index contributed by atoms with van der Waals surface area (Å²) < 4.78 is 7.74. The highest BCUT2D eigenvalue weighted by Gasteiger charge is 2.19. The first kappa shape index (κ1) is 17.8. The van der Waals surface area contributed by atoms with Crippen molar-refractivity contribution in [1.29, 1.82) is 0 Å². The molecule has 2 aromatic heterocycles. The maximum atomic E-state index is 6.17. The van der Waals surface area contributed by atoms with Crippen molar-refractivity contribution in [2.75, 3.05) is 23.6 Å². The second-order valence-corrected chi connectivity index (χ2v) is 7.51. The molecule has 0 saturated heterocycles. The first-order valence-electron chi connectivity index (χ1n) is 9.53.